The monoisotopic (exact) mass is 456 g/mol. The highest BCUT2D eigenvalue weighted by Gasteiger charge is 2.35. The highest BCUT2D eigenvalue weighted by atomic mass is 35.5. The predicted octanol–water partition coefficient (Wildman–Crippen LogP) is 4.79. The standard InChI is InChI=1S/C23H24N4O2S.ClH/c28-22(25-19-14-27-11-9-15(19)10-12-27)20-13-16-5-4-8-18(21(16)30-20)26-23(29)24-17-6-2-1-3-7-17;/h1-8,13,15,19H,9-12,14H2,(H,25,28)(H2,24,26,29);1H/t19-;/m0./s1. The van der Waals surface area contributed by atoms with Crippen LogP contribution in [0.15, 0.2) is 54.6 Å². The summed E-state index contributed by atoms with van der Waals surface area (Å²) < 4.78 is 0.903. The molecule has 3 N–H and O–H groups in total. The smallest absolute Gasteiger partial charge is 0.323 e. The maximum Gasteiger partial charge on any atom is 0.323 e. The number of urea groups is 1. The number of carbonyl (C=O) groups is 2. The van der Waals surface area contributed by atoms with Crippen LogP contribution < -0.4 is 16.0 Å². The Kier molecular flexibility index (Phi) is 6.46. The van der Waals surface area contributed by atoms with E-state index in [4.69, 9.17) is 0 Å². The second kappa shape index (κ2) is 9.26. The van der Waals surface area contributed by atoms with E-state index in [-0.39, 0.29) is 30.4 Å². The molecular formula is C23H25ClN4O2S. The molecule has 3 aromatic rings. The van der Waals surface area contributed by atoms with Crippen LogP contribution >= 0.6 is 23.7 Å². The number of nitrogens with one attached hydrogen (secondary N) is 3. The molecule has 31 heavy (non-hydrogen) atoms. The lowest BCUT2D eigenvalue weighted by Crippen LogP contribution is -2.57. The number of benzene rings is 2. The van der Waals surface area contributed by atoms with Gasteiger partial charge in [-0.1, -0.05) is 30.3 Å². The van der Waals surface area contributed by atoms with Crippen LogP contribution in [-0.4, -0.2) is 42.5 Å². The van der Waals surface area contributed by atoms with Crippen molar-refractivity contribution in [2.24, 2.45) is 5.92 Å². The van der Waals surface area contributed by atoms with Gasteiger partial charge in [-0.25, -0.2) is 4.79 Å². The normalized spacial score (nSPS) is 21.9. The number of rotatable bonds is 4. The minimum Gasteiger partial charge on any atom is -0.347 e. The highest BCUT2D eigenvalue weighted by molar-refractivity contribution is 7.21. The number of piperidine rings is 3. The zero-order valence-electron chi connectivity index (χ0n) is 17.0. The Labute approximate surface area is 191 Å². The van der Waals surface area contributed by atoms with Crippen molar-refractivity contribution >= 4 is 57.1 Å². The number of hydrogen-bond acceptors (Lipinski definition) is 4. The molecule has 0 radical (unpaired) electrons. The maximum atomic E-state index is 12.9. The third-order valence-electron chi connectivity index (χ3n) is 6.02. The van der Waals surface area contributed by atoms with Crippen molar-refractivity contribution in [1.82, 2.24) is 10.2 Å². The van der Waals surface area contributed by atoms with Crippen molar-refractivity contribution in [3.63, 3.8) is 0 Å². The Balaban J connectivity index is 0.00000231. The molecule has 3 saturated heterocycles. The van der Waals surface area contributed by atoms with Crippen LogP contribution in [0.5, 0.6) is 0 Å². The maximum absolute atomic E-state index is 12.9. The van der Waals surface area contributed by atoms with Crippen LogP contribution in [0.25, 0.3) is 10.1 Å². The summed E-state index contributed by atoms with van der Waals surface area (Å²) in [6.07, 6.45) is 2.34. The average molecular weight is 457 g/mol. The van der Waals surface area contributed by atoms with Gasteiger partial charge < -0.3 is 20.9 Å². The van der Waals surface area contributed by atoms with E-state index in [1.165, 1.54) is 24.2 Å². The topological polar surface area (TPSA) is 73.5 Å². The average Bonchev–Trinajstić information content (AvgIpc) is 3.21. The molecule has 3 aliphatic rings. The van der Waals surface area contributed by atoms with Gasteiger partial charge in [-0.2, -0.15) is 0 Å². The largest absolute Gasteiger partial charge is 0.347 e. The Morgan fingerprint density at radius 2 is 1.74 bits per heavy atom. The third kappa shape index (κ3) is 4.69. The SMILES string of the molecule is Cl.O=C(Nc1ccccc1)Nc1cccc2cc(C(=O)N[C@H]3CN4CCC3CC4)sc12. The van der Waals surface area contributed by atoms with Gasteiger partial charge in [-0.05, 0) is 61.5 Å². The van der Waals surface area contributed by atoms with E-state index < -0.39 is 0 Å². The molecule has 0 saturated carbocycles. The summed E-state index contributed by atoms with van der Waals surface area (Å²) in [5, 5.41) is 9.94. The first kappa shape index (κ1) is 21.6. The summed E-state index contributed by atoms with van der Waals surface area (Å²) >= 11 is 1.42. The summed E-state index contributed by atoms with van der Waals surface area (Å²) in [4.78, 5) is 28.4. The third-order valence-corrected chi connectivity index (χ3v) is 7.20. The van der Waals surface area contributed by atoms with Crippen molar-refractivity contribution in [2.75, 3.05) is 30.3 Å². The lowest BCUT2D eigenvalue weighted by molar-refractivity contribution is 0.0622. The molecule has 1 aromatic heterocycles. The second-order valence-electron chi connectivity index (χ2n) is 8.00. The van der Waals surface area contributed by atoms with Gasteiger partial charge in [0.1, 0.15) is 0 Å². The number of nitrogens with zero attached hydrogens (tertiary/aromatic N) is 1. The number of thiophene rings is 1. The Hall–Kier alpha value is -2.61. The number of amides is 3. The molecule has 6 rings (SSSR count). The van der Waals surface area contributed by atoms with E-state index in [0.29, 0.717) is 16.5 Å². The van der Waals surface area contributed by atoms with E-state index in [9.17, 15) is 9.59 Å². The fourth-order valence-electron chi connectivity index (χ4n) is 4.45. The van der Waals surface area contributed by atoms with Crippen molar-refractivity contribution in [3.8, 4) is 0 Å². The number of carbonyl (C=O) groups excluding carboxylic acids is 2. The molecule has 1 atom stereocenters. The van der Waals surface area contributed by atoms with Gasteiger partial charge >= 0.3 is 6.03 Å². The van der Waals surface area contributed by atoms with Gasteiger partial charge in [0.25, 0.3) is 5.91 Å². The van der Waals surface area contributed by atoms with Crippen LogP contribution in [0.3, 0.4) is 0 Å². The second-order valence-corrected chi connectivity index (χ2v) is 9.05. The van der Waals surface area contributed by atoms with Gasteiger partial charge in [-0.15, -0.1) is 23.7 Å². The van der Waals surface area contributed by atoms with Crippen LogP contribution in [0, 0.1) is 5.92 Å². The van der Waals surface area contributed by atoms with Gasteiger partial charge in [0, 0.05) is 18.3 Å². The van der Waals surface area contributed by atoms with E-state index >= 15 is 0 Å². The Morgan fingerprint density at radius 3 is 2.45 bits per heavy atom. The molecule has 2 bridgehead atoms. The number of anilines is 2. The molecule has 6 nitrogen and oxygen atoms in total. The zero-order valence-corrected chi connectivity index (χ0v) is 18.6. The van der Waals surface area contributed by atoms with Crippen LogP contribution in [-0.2, 0) is 0 Å². The van der Waals surface area contributed by atoms with E-state index in [0.717, 1.165) is 35.4 Å². The van der Waals surface area contributed by atoms with Gasteiger partial charge in [-0.3, -0.25) is 4.79 Å². The van der Waals surface area contributed by atoms with E-state index in [1.54, 1.807) is 0 Å². The van der Waals surface area contributed by atoms with Crippen molar-refractivity contribution in [2.45, 2.75) is 18.9 Å². The minimum absolute atomic E-state index is 0. The van der Waals surface area contributed by atoms with Crippen molar-refractivity contribution in [1.29, 1.82) is 0 Å². The molecule has 3 aliphatic heterocycles. The number of fused-ring (bicyclic) bond motifs is 4. The van der Waals surface area contributed by atoms with Crippen molar-refractivity contribution < 1.29 is 9.59 Å². The van der Waals surface area contributed by atoms with Gasteiger partial charge in [0.15, 0.2) is 0 Å². The molecule has 0 aliphatic carbocycles. The van der Waals surface area contributed by atoms with Crippen molar-refractivity contribution in [3.05, 3.63) is 59.5 Å². The molecule has 3 fully saturated rings. The Morgan fingerprint density at radius 1 is 0.968 bits per heavy atom. The van der Waals surface area contributed by atoms with Crippen LogP contribution in [0.1, 0.15) is 22.5 Å². The lowest BCUT2D eigenvalue weighted by Gasteiger charge is -2.44. The molecule has 0 unspecified atom stereocenters. The molecular weight excluding hydrogens is 432 g/mol. The molecule has 162 valence electrons. The molecule has 4 heterocycles. The quantitative estimate of drug-likeness (QED) is 0.528. The van der Waals surface area contributed by atoms with E-state index in [1.807, 2.05) is 54.6 Å². The number of para-hydroxylation sites is 1. The zero-order chi connectivity index (χ0) is 20.5. The summed E-state index contributed by atoms with van der Waals surface area (Å²) in [7, 11) is 0. The summed E-state index contributed by atoms with van der Waals surface area (Å²) in [6, 6.07) is 16.9. The minimum atomic E-state index is -0.305. The number of halogens is 1. The fraction of sp³-hybridized carbons (Fsp3) is 0.304. The first-order chi connectivity index (χ1) is 14.7. The summed E-state index contributed by atoms with van der Waals surface area (Å²) in [6.45, 7) is 3.26. The van der Waals surface area contributed by atoms with E-state index in [2.05, 4.69) is 20.9 Å². The lowest BCUT2D eigenvalue weighted by atomic mass is 9.84. The predicted molar refractivity (Wildman–Crippen MR) is 129 cm³/mol. The van der Waals surface area contributed by atoms with Gasteiger partial charge in [0.2, 0.25) is 0 Å². The molecule has 3 amide bonds. The summed E-state index contributed by atoms with van der Waals surface area (Å²) in [5.74, 6) is 0.571. The summed E-state index contributed by atoms with van der Waals surface area (Å²) in [5.41, 5.74) is 1.43. The number of hydrogen-bond donors (Lipinski definition) is 3. The first-order valence-corrected chi connectivity index (χ1v) is 11.2. The van der Waals surface area contributed by atoms with Gasteiger partial charge in [0.05, 0.1) is 15.3 Å². The highest BCUT2D eigenvalue weighted by Crippen LogP contribution is 2.33. The fourth-order valence-corrected chi connectivity index (χ4v) is 5.48. The first-order valence-electron chi connectivity index (χ1n) is 10.3. The molecule has 2 aromatic carbocycles. The Bertz CT molecular complexity index is 1080. The van der Waals surface area contributed by atoms with Crippen LogP contribution in [0.4, 0.5) is 16.2 Å². The molecule has 8 heteroatoms. The molecule has 0 spiro atoms. The van der Waals surface area contributed by atoms with Crippen LogP contribution in [0.2, 0.25) is 0 Å².